The largest absolute Gasteiger partial charge is 0.480 e. The van der Waals surface area contributed by atoms with E-state index in [2.05, 4.69) is 31.2 Å². The van der Waals surface area contributed by atoms with Crippen LogP contribution in [-0.2, 0) is 48.2 Å². The lowest BCUT2D eigenvalue weighted by molar-refractivity contribution is -0.148. The molecule has 0 bridgehead atoms. The van der Waals surface area contributed by atoms with Crippen molar-refractivity contribution in [3.63, 3.8) is 0 Å². The van der Waals surface area contributed by atoms with Crippen molar-refractivity contribution in [2.24, 2.45) is 11.3 Å². The van der Waals surface area contributed by atoms with E-state index in [1.807, 2.05) is 24.3 Å². The maximum Gasteiger partial charge on any atom is 0.326 e. The average Bonchev–Trinajstić information content (AvgIpc) is 3.23. The summed E-state index contributed by atoms with van der Waals surface area (Å²) in [7, 11) is 0. The van der Waals surface area contributed by atoms with Crippen molar-refractivity contribution in [1.29, 1.82) is 0 Å². The Hall–Kier alpha value is -5.99. The van der Waals surface area contributed by atoms with Crippen LogP contribution in [0.15, 0.2) is 73.2 Å². The summed E-state index contributed by atoms with van der Waals surface area (Å²) in [5.74, 6) is -5.98. The number of carboxylic acids is 1. The third-order valence-electron chi connectivity index (χ3n) is 11.0. The monoisotopic (exact) mass is 809 g/mol. The number of nitrogens with zero attached hydrogens (tertiary/aromatic N) is 3. The number of carbonyl (C=O) groups excluding carboxylic acids is 6. The van der Waals surface area contributed by atoms with Gasteiger partial charge in [0, 0.05) is 31.8 Å². The Labute approximate surface area is 344 Å². The zero-order valence-corrected chi connectivity index (χ0v) is 34.1. The molecule has 1 aliphatic heterocycles. The van der Waals surface area contributed by atoms with E-state index in [0.29, 0.717) is 24.8 Å². The lowest BCUT2D eigenvalue weighted by Gasteiger charge is -2.42. The van der Waals surface area contributed by atoms with Gasteiger partial charge in [0.25, 0.3) is 11.8 Å². The summed E-state index contributed by atoms with van der Waals surface area (Å²) < 4.78 is 0. The Morgan fingerprint density at radius 1 is 0.831 bits per heavy atom. The third-order valence-corrected chi connectivity index (χ3v) is 11.0. The highest BCUT2D eigenvalue weighted by Gasteiger charge is 2.44. The molecule has 1 saturated carbocycles. The number of hydrogen-bond acceptors (Lipinski definition) is 9. The van der Waals surface area contributed by atoms with Gasteiger partial charge in [-0.15, -0.1) is 0 Å². The number of Topliss-reactive ketones (excluding diaryl/α,β-unsaturated/α-hetero) is 1. The van der Waals surface area contributed by atoms with Gasteiger partial charge in [0.05, 0.1) is 12.2 Å². The molecule has 5 rings (SSSR count). The SMILES string of the molecule is CCC[C@@H](NC(=O)C1Cc2ccccc2CN1C(=O)[C@@H](NC(=O)[C@H](NC(=O)c1cnccn1)C1CCCCC1)C(C)(C)C)C(=O)C(=O)NC(Cc1ccccc1)C(=O)O. The Balaban J connectivity index is 1.38. The molecule has 0 spiro atoms. The molecule has 1 aromatic heterocycles. The van der Waals surface area contributed by atoms with Crippen LogP contribution < -0.4 is 21.3 Å². The molecule has 5 N–H and O–H groups in total. The fourth-order valence-electron chi connectivity index (χ4n) is 7.79. The highest BCUT2D eigenvalue weighted by atomic mass is 16.4. The van der Waals surface area contributed by atoms with Crippen LogP contribution in [0.1, 0.15) is 99.8 Å². The van der Waals surface area contributed by atoms with Crippen LogP contribution in [0.4, 0.5) is 0 Å². The van der Waals surface area contributed by atoms with Crippen molar-refractivity contribution in [1.82, 2.24) is 36.1 Å². The summed E-state index contributed by atoms with van der Waals surface area (Å²) in [6.07, 6.45) is 8.86. The van der Waals surface area contributed by atoms with Crippen LogP contribution in [0, 0.1) is 11.3 Å². The van der Waals surface area contributed by atoms with Gasteiger partial charge in [-0.25, -0.2) is 9.78 Å². The molecule has 2 unspecified atom stereocenters. The van der Waals surface area contributed by atoms with Crippen LogP contribution in [0.3, 0.4) is 0 Å². The highest BCUT2D eigenvalue weighted by molar-refractivity contribution is 6.38. The summed E-state index contributed by atoms with van der Waals surface area (Å²) in [5.41, 5.74) is 1.46. The average molecular weight is 810 g/mol. The molecule has 2 heterocycles. The Bertz CT molecular complexity index is 1980. The van der Waals surface area contributed by atoms with Gasteiger partial charge in [-0.1, -0.05) is 108 Å². The number of hydrogen-bond donors (Lipinski definition) is 5. The summed E-state index contributed by atoms with van der Waals surface area (Å²) in [6, 6.07) is 10.1. The van der Waals surface area contributed by atoms with Crippen LogP contribution in [0.5, 0.6) is 0 Å². The molecule has 0 radical (unpaired) electrons. The molecule has 3 aromatic rings. The smallest absolute Gasteiger partial charge is 0.326 e. The molecule has 5 atom stereocenters. The second-order valence-electron chi connectivity index (χ2n) is 16.5. The number of nitrogens with one attached hydrogen (secondary N) is 4. The molecule has 15 nitrogen and oxygen atoms in total. The minimum absolute atomic E-state index is 0.0255. The molecular formula is C44H55N7O8. The molecule has 1 fully saturated rings. The highest BCUT2D eigenvalue weighted by Crippen LogP contribution is 2.30. The van der Waals surface area contributed by atoms with Gasteiger partial charge in [0.2, 0.25) is 23.5 Å². The first kappa shape index (κ1) is 44.1. The van der Waals surface area contributed by atoms with Crippen molar-refractivity contribution < 1.29 is 38.7 Å². The summed E-state index contributed by atoms with van der Waals surface area (Å²) in [5, 5.41) is 20.7. The zero-order valence-electron chi connectivity index (χ0n) is 34.1. The van der Waals surface area contributed by atoms with Crippen molar-refractivity contribution in [2.45, 2.75) is 122 Å². The first-order valence-corrected chi connectivity index (χ1v) is 20.3. The molecule has 5 amide bonds. The summed E-state index contributed by atoms with van der Waals surface area (Å²) in [4.78, 5) is 105. The van der Waals surface area contributed by atoms with Crippen molar-refractivity contribution in [3.05, 3.63) is 95.6 Å². The number of amides is 5. The second kappa shape index (κ2) is 20.1. The molecule has 59 heavy (non-hydrogen) atoms. The van der Waals surface area contributed by atoms with Crippen LogP contribution in [0.2, 0.25) is 0 Å². The van der Waals surface area contributed by atoms with Gasteiger partial charge in [-0.3, -0.25) is 33.8 Å². The number of rotatable bonds is 16. The molecule has 2 aliphatic rings. The van der Waals surface area contributed by atoms with Crippen LogP contribution >= 0.6 is 0 Å². The van der Waals surface area contributed by atoms with Crippen molar-refractivity contribution in [3.8, 4) is 0 Å². The van der Waals surface area contributed by atoms with E-state index in [1.54, 1.807) is 58.0 Å². The maximum atomic E-state index is 14.9. The van der Waals surface area contributed by atoms with Gasteiger partial charge in [0.15, 0.2) is 0 Å². The minimum atomic E-state index is -1.39. The van der Waals surface area contributed by atoms with Crippen molar-refractivity contribution in [2.75, 3.05) is 0 Å². The van der Waals surface area contributed by atoms with Gasteiger partial charge in [0.1, 0.15) is 29.9 Å². The quantitative estimate of drug-likeness (QED) is 0.133. The summed E-state index contributed by atoms with van der Waals surface area (Å²) >= 11 is 0. The van der Waals surface area contributed by atoms with E-state index >= 15 is 0 Å². The Morgan fingerprint density at radius 3 is 2.14 bits per heavy atom. The Kier molecular flexibility index (Phi) is 15.0. The summed E-state index contributed by atoms with van der Waals surface area (Å²) in [6.45, 7) is 7.20. The maximum absolute atomic E-state index is 14.9. The van der Waals surface area contributed by atoms with E-state index in [9.17, 15) is 38.7 Å². The number of carboxylic acid groups (broad SMARTS) is 1. The minimum Gasteiger partial charge on any atom is -0.480 e. The van der Waals surface area contributed by atoms with Gasteiger partial charge in [-0.05, 0) is 47.3 Å². The molecule has 2 aromatic carbocycles. The molecule has 15 heteroatoms. The fraction of sp³-hybridized carbons (Fsp3) is 0.477. The predicted octanol–water partition coefficient (Wildman–Crippen LogP) is 3.31. The fourth-order valence-corrected chi connectivity index (χ4v) is 7.79. The topological polar surface area (TPSA) is 217 Å². The second-order valence-corrected chi connectivity index (χ2v) is 16.5. The normalized spacial score (nSPS) is 17.6. The third kappa shape index (κ3) is 11.6. The predicted molar refractivity (Wildman–Crippen MR) is 217 cm³/mol. The number of carbonyl (C=O) groups is 7. The number of ketones is 1. The Morgan fingerprint density at radius 2 is 1.51 bits per heavy atom. The van der Waals surface area contributed by atoms with E-state index in [-0.39, 0.29) is 37.4 Å². The number of aromatic nitrogens is 2. The number of fused-ring (bicyclic) bond motifs is 1. The van der Waals surface area contributed by atoms with Crippen LogP contribution in [0.25, 0.3) is 0 Å². The zero-order chi connectivity index (χ0) is 42.7. The first-order valence-electron chi connectivity index (χ1n) is 20.3. The number of aliphatic carboxylic acids is 1. The van der Waals surface area contributed by atoms with Gasteiger partial charge >= 0.3 is 5.97 Å². The van der Waals surface area contributed by atoms with E-state index < -0.39 is 76.9 Å². The first-order chi connectivity index (χ1) is 28.2. The molecule has 1 aliphatic carbocycles. The lowest BCUT2D eigenvalue weighted by atomic mass is 9.81. The molecule has 0 saturated heterocycles. The van der Waals surface area contributed by atoms with Gasteiger partial charge in [-0.2, -0.15) is 0 Å². The van der Waals surface area contributed by atoms with Gasteiger partial charge < -0.3 is 31.3 Å². The van der Waals surface area contributed by atoms with Crippen LogP contribution in [-0.4, -0.2) is 91.5 Å². The molecular weight excluding hydrogens is 755 g/mol. The van der Waals surface area contributed by atoms with Crippen molar-refractivity contribution >= 4 is 41.3 Å². The molecule has 314 valence electrons. The standard InChI is InChI=1S/C44H55N7O8/c1-5-14-31(36(52)41(56)48-32(43(58)59)23-27-15-8-6-9-16-27)47-39(54)34-24-29-19-12-13-20-30(29)26-51(34)42(57)37(44(2,3)4)50-40(55)35(28-17-10-7-11-18-28)49-38(53)33-25-45-21-22-46-33/h6,8-9,12-13,15-16,19-22,25,28,31-32,34-35,37H,5,7,10-11,14,17-18,23-24,26H2,1-4H3,(H,47,54)(H,48,56)(H,49,53)(H,50,55)(H,58,59)/t31-,32?,34?,35-,37-/m1/s1. The number of benzene rings is 2. The van der Waals surface area contributed by atoms with E-state index in [0.717, 1.165) is 30.4 Å². The van der Waals surface area contributed by atoms with E-state index in [4.69, 9.17) is 0 Å². The lowest BCUT2D eigenvalue weighted by Crippen LogP contribution is -2.63. The van der Waals surface area contributed by atoms with E-state index in [1.165, 1.54) is 23.5 Å².